The summed E-state index contributed by atoms with van der Waals surface area (Å²) in [4.78, 5) is 29.5. The zero-order valence-electron chi connectivity index (χ0n) is 16.1. The highest BCUT2D eigenvalue weighted by Crippen LogP contribution is 2.36. The average molecular weight is 439 g/mol. The van der Waals surface area contributed by atoms with E-state index in [1.807, 2.05) is 60.0 Å². The summed E-state index contributed by atoms with van der Waals surface area (Å²) in [6.45, 7) is 2.01. The molecule has 2 aromatic heterocycles. The van der Waals surface area contributed by atoms with Gasteiger partial charge in [0.05, 0.1) is 12.4 Å². The van der Waals surface area contributed by atoms with Crippen LogP contribution in [0.1, 0.15) is 17.3 Å². The second-order valence-electron chi connectivity index (χ2n) is 6.22. The summed E-state index contributed by atoms with van der Waals surface area (Å²) in [5.74, 6) is -0.609. The van der Waals surface area contributed by atoms with E-state index in [0.717, 1.165) is 16.6 Å². The number of esters is 1. The van der Waals surface area contributed by atoms with Gasteiger partial charge in [-0.2, -0.15) is 0 Å². The lowest BCUT2D eigenvalue weighted by Crippen LogP contribution is -2.16. The Labute approximate surface area is 181 Å². The van der Waals surface area contributed by atoms with Crippen molar-refractivity contribution in [3.8, 4) is 11.1 Å². The molecule has 0 unspecified atom stereocenters. The SMILES string of the molecule is CCOC(=O)c1c(-c2ccccc2)csc1NC(=O)CSc1nc2ccccc2o1. The fraction of sp³-hybridized carbons (Fsp3) is 0.136. The lowest BCUT2D eigenvalue weighted by molar-refractivity contribution is -0.113. The van der Waals surface area contributed by atoms with Crippen molar-refractivity contribution in [3.63, 3.8) is 0 Å². The van der Waals surface area contributed by atoms with Crippen LogP contribution in [0.2, 0.25) is 0 Å². The lowest BCUT2D eigenvalue weighted by atomic mass is 10.0. The molecule has 4 aromatic rings. The van der Waals surface area contributed by atoms with Crippen molar-refractivity contribution in [2.45, 2.75) is 12.1 Å². The number of nitrogens with one attached hydrogen (secondary N) is 1. The first-order valence-electron chi connectivity index (χ1n) is 9.28. The van der Waals surface area contributed by atoms with Crippen molar-refractivity contribution in [2.24, 2.45) is 0 Å². The van der Waals surface area contributed by atoms with Crippen LogP contribution in [0.4, 0.5) is 5.00 Å². The Bertz CT molecular complexity index is 1150. The van der Waals surface area contributed by atoms with Gasteiger partial charge in [-0.1, -0.05) is 54.2 Å². The molecule has 30 heavy (non-hydrogen) atoms. The van der Waals surface area contributed by atoms with Crippen LogP contribution < -0.4 is 5.32 Å². The molecule has 1 N–H and O–H groups in total. The molecule has 0 spiro atoms. The van der Waals surface area contributed by atoms with E-state index in [-0.39, 0.29) is 18.3 Å². The first kappa shape index (κ1) is 20.2. The number of nitrogens with zero attached hydrogens (tertiary/aromatic N) is 1. The topological polar surface area (TPSA) is 81.4 Å². The zero-order valence-corrected chi connectivity index (χ0v) is 17.7. The molecule has 0 saturated heterocycles. The number of thioether (sulfide) groups is 1. The van der Waals surface area contributed by atoms with Crippen LogP contribution in [0.25, 0.3) is 22.2 Å². The fourth-order valence-electron chi connectivity index (χ4n) is 2.89. The normalized spacial score (nSPS) is 10.8. The van der Waals surface area contributed by atoms with E-state index in [0.29, 0.717) is 21.4 Å². The van der Waals surface area contributed by atoms with Crippen LogP contribution in [0.5, 0.6) is 0 Å². The Morgan fingerprint density at radius 3 is 2.67 bits per heavy atom. The molecule has 8 heteroatoms. The number of hydrogen-bond acceptors (Lipinski definition) is 7. The number of para-hydroxylation sites is 2. The maximum atomic E-state index is 12.6. The number of carbonyl (C=O) groups is 2. The van der Waals surface area contributed by atoms with Crippen LogP contribution in [0.3, 0.4) is 0 Å². The number of hydrogen-bond donors (Lipinski definition) is 1. The minimum atomic E-state index is -0.459. The third kappa shape index (κ3) is 4.39. The summed E-state index contributed by atoms with van der Waals surface area (Å²) in [6.07, 6.45) is 0. The van der Waals surface area contributed by atoms with E-state index in [1.165, 1.54) is 23.1 Å². The number of benzene rings is 2. The van der Waals surface area contributed by atoms with Gasteiger partial charge in [0.2, 0.25) is 5.91 Å². The molecule has 6 nitrogen and oxygen atoms in total. The number of oxazole rings is 1. The molecule has 0 aliphatic heterocycles. The number of thiophene rings is 1. The number of anilines is 1. The molecule has 0 atom stereocenters. The summed E-state index contributed by atoms with van der Waals surface area (Å²) in [5.41, 5.74) is 3.42. The van der Waals surface area contributed by atoms with Crippen LogP contribution >= 0.6 is 23.1 Å². The maximum absolute atomic E-state index is 12.6. The van der Waals surface area contributed by atoms with Crippen molar-refractivity contribution in [1.29, 1.82) is 0 Å². The summed E-state index contributed by atoms with van der Waals surface area (Å²) in [5, 5.41) is 5.58. The van der Waals surface area contributed by atoms with Gasteiger partial charge in [0.1, 0.15) is 16.1 Å². The van der Waals surface area contributed by atoms with Crippen molar-refractivity contribution in [1.82, 2.24) is 4.98 Å². The van der Waals surface area contributed by atoms with Crippen LogP contribution in [-0.2, 0) is 9.53 Å². The van der Waals surface area contributed by atoms with Crippen molar-refractivity contribution >= 4 is 51.1 Å². The minimum absolute atomic E-state index is 0.105. The third-order valence-corrected chi connectivity index (χ3v) is 5.93. The van der Waals surface area contributed by atoms with E-state index < -0.39 is 5.97 Å². The fourth-order valence-corrected chi connectivity index (χ4v) is 4.50. The predicted octanol–water partition coefficient (Wildman–Crippen LogP) is 5.46. The Balaban J connectivity index is 1.50. The quantitative estimate of drug-likeness (QED) is 0.305. The maximum Gasteiger partial charge on any atom is 0.341 e. The molecule has 0 saturated carbocycles. The molecule has 0 fully saturated rings. The summed E-state index contributed by atoms with van der Waals surface area (Å²) in [6, 6.07) is 17.0. The van der Waals surface area contributed by atoms with Gasteiger partial charge in [-0.3, -0.25) is 4.79 Å². The molecule has 2 aromatic carbocycles. The highest BCUT2D eigenvalue weighted by molar-refractivity contribution is 7.99. The highest BCUT2D eigenvalue weighted by atomic mass is 32.2. The Morgan fingerprint density at radius 2 is 1.90 bits per heavy atom. The van der Waals surface area contributed by atoms with Gasteiger partial charge in [0, 0.05) is 10.9 Å². The number of fused-ring (bicyclic) bond motifs is 1. The predicted molar refractivity (Wildman–Crippen MR) is 119 cm³/mol. The van der Waals surface area contributed by atoms with Crippen LogP contribution in [0, 0.1) is 0 Å². The van der Waals surface area contributed by atoms with E-state index in [9.17, 15) is 9.59 Å². The second kappa shape index (κ2) is 9.15. The largest absolute Gasteiger partial charge is 0.462 e. The van der Waals surface area contributed by atoms with E-state index >= 15 is 0 Å². The van der Waals surface area contributed by atoms with E-state index in [2.05, 4.69) is 10.3 Å². The minimum Gasteiger partial charge on any atom is -0.462 e. The van der Waals surface area contributed by atoms with E-state index in [1.54, 1.807) is 6.92 Å². The van der Waals surface area contributed by atoms with Crippen molar-refractivity contribution < 1.29 is 18.7 Å². The van der Waals surface area contributed by atoms with Gasteiger partial charge < -0.3 is 14.5 Å². The lowest BCUT2D eigenvalue weighted by Gasteiger charge is -2.08. The van der Waals surface area contributed by atoms with Gasteiger partial charge in [-0.15, -0.1) is 11.3 Å². The number of ether oxygens (including phenoxy) is 1. The van der Waals surface area contributed by atoms with Gasteiger partial charge >= 0.3 is 5.97 Å². The molecule has 0 radical (unpaired) electrons. The molecular formula is C22H18N2O4S2. The molecular weight excluding hydrogens is 420 g/mol. The smallest absolute Gasteiger partial charge is 0.341 e. The third-order valence-electron chi connectivity index (χ3n) is 4.21. The monoisotopic (exact) mass is 438 g/mol. The van der Waals surface area contributed by atoms with Gasteiger partial charge in [-0.05, 0) is 24.6 Å². The number of amides is 1. The Kier molecular flexibility index (Phi) is 6.15. The standard InChI is InChI=1S/C22H18N2O4S2/c1-2-27-21(26)19-15(14-8-4-3-5-9-14)12-29-20(19)24-18(25)13-30-22-23-16-10-6-7-11-17(16)28-22/h3-12H,2,13H2,1H3,(H,24,25). The number of aromatic nitrogens is 1. The molecule has 0 aliphatic rings. The van der Waals surface area contributed by atoms with E-state index in [4.69, 9.17) is 9.15 Å². The molecule has 0 bridgehead atoms. The second-order valence-corrected chi connectivity index (χ2v) is 8.03. The summed E-state index contributed by atoms with van der Waals surface area (Å²) in [7, 11) is 0. The van der Waals surface area contributed by atoms with Gasteiger partial charge in [-0.25, -0.2) is 9.78 Å². The Hall–Kier alpha value is -3.10. The highest BCUT2D eigenvalue weighted by Gasteiger charge is 2.23. The summed E-state index contributed by atoms with van der Waals surface area (Å²) < 4.78 is 10.8. The first-order chi connectivity index (χ1) is 14.7. The van der Waals surface area contributed by atoms with Gasteiger partial charge in [0.15, 0.2) is 5.58 Å². The molecule has 1 amide bonds. The molecule has 152 valence electrons. The Morgan fingerprint density at radius 1 is 1.13 bits per heavy atom. The van der Waals surface area contributed by atoms with Crippen molar-refractivity contribution in [2.75, 3.05) is 17.7 Å². The number of carbonyl (C=O) groups excluding carboxylic acids is 2. The zero-order chi connectivity index (χ0) is 20.9. The average Bonchev–Trinajstić information content (AvgIpc) is 3.37. The van der Waals surface area contributed by atoms with Crippen LogP contribution in [0.15, 0.2) is 69.6 Å². The molecule has 2 heterocycles. The van der Waals surface area contributed by atoms with Crippen LogP contribution in [-0.4, -0.2) is 29.2 Å². The first-order valence-corrected chi connectivity index (χ1v) is 11.1. The molecule has 0 aliphatic carbocycles. The molecule has 4 rings (SSSR count). The van der Waals surface area contributed by atoms with Gasteiger partial charge in [0.25, 0.3) is 5.22 Å². The van der Waals surface area contributed by atoms with Crippen molar-refractivity contribution in [3.05, 3.63) is 65.5 Å². The summed E-state index contributed by atoms with van der Waals surface area (Å²) >= 11 is 2.50. The number of rotatable bonds is 7.